The van der Waals surface area contributed by atoms with Crippen molar-refractivity contribution in [2.45, 2.75) is 19.4 Å². The van der Waals surface area contributed by atoms with Gasteiger partial charge in [-0.15, -0.1) is 0 Å². The number of nitrogens with one attached hydrogen (secondary N) is 1. The van der Waals surface area contributed by atoms with Crippen molar-refractivity contribution in [3.8, 4) is 0 Å². The lowest BCUT2D eigenvalue weighted by Crippen LogP contribution is -2.12. The molecule has 0 aliphatic heterocycles. The maximum absolute atomic E-state index is 11.8. The van der Waals surface area contributed by atoms with E-state index in [-0.39, 0.29) is 12.5 Å². The largest absolute Gasteiger partial charge is 0.392 e. The van der Waals surface area contributed by atoms with E-state index in [2.05, 4.69) is 10.3 Å². The summed E-state index contributed by atoms with van der Waals surface area (Å²) in [6.07, 6.45) is 4.55. The Morgan fingerprint density at radius 2 is 1.95 bits per heavy atom. The zero-order valence-electron chi connectivity index (χ0n) is 10.5. The van der Waals surface area contributed by atoms with Crippen LogP contribution < -0.4 is 5.32 Å². The molecule has 2 aromatic rings. The quantitative estimate of drug-likeness (QED) is 0.861. The van der Waals surface area contributed by atoms with Crippen LogP contribution in [0.25, 0.3) is 0 Å². The Morgan fingerprint density at radius 3 is 2.68 bits per heavy atom. The molecule has 0 radical (unpaired) electrons. The molecule has 0 atom stereocenters. The minimum atomic E-state index is -0.0353. The number of nitrogens with zero attached hydrogens (tertiary/aromatic N) is 1. The van der Waals surface area contributed by atoms with Crippen molar-refractivity contribution in [3.63, 3.8) is 0 Å². The van der Waals surface area contributed by atoms with Crippen molar-refractivity contribution >= 4 is 11.6 Å². The molecule has 2 N–H and O–H groups in total. The SMILES string of the molecule is O=C(CCc1ccncc1)Nc1cccc(CO)c1. The lowest BCUT2D eigenvalue weighted by atomic mass is 10.1. The van der Waals surface area contributed by atoms with Gasteiger partial charge in [0.2, 0.25) is 5.91 Å². The van der Waals surface area contributed by atoms with Gasteiger partial charge >= 0.3 is 0 Å². The van der Waals surface area contributed by atoms with E-state index in [0.717, 1.165) is 11.1 Å². The van der Waals surface area contributed by atoms with Gasteiger partial charge in [0.05, 0.1) is 6.61 Å². The first-order valence-electron chi connectivity index (χ1n) is 6.16. The Balaban J connectivity index is 1.87. The Bertz CT molecular complexity index is 541. The fraction of sp³-hybridized carbons (Fsp3) is 0.200. The molecule has 19 heavy (non-hydrogen) atoms. The smallest absolute Gasteiger partial charge is 0.224 e. The number of aryl methyl sites for hydroxylation is 1. The fourth-order valence-corrected chi connectivity index (χ4v) is 1.78. The Morgan fingerprint density at radius 1 is 1.16 bits per heavy atom. The van der Waals surface area contributed by atoms with Crippen molar-refractivity contribution in [1.82, 2.24) is 4.98 Å². The number of aromatic nitrogens is 1. The lowest BCUT2D eigenvalue weighted by Gasteiger charge is -2.06. The second-order valence-electron chi connectivity index (χ2n) is 4.26. The molecular weight excluding hydrogens is 240 g/mol. The van der Waals surface area contributed by atoms with Crippen LogP contribution in [-0.2, 0) is 17.8 Å². The van der Waals surface area contributed by atoms with Crippen LogP contribution in [0.5, 0.6) is 0 Å². The molecule has 1 aromatic carbocycles. The van der Waals surface area contributed by atoms with Crippen LogP contribution in [0.3, 0.4) is 0 Å². The molecule has 0 aliphatic rings. The lowest BCUT2D eigenvalue weighted by molar-refractivity contribution is -0.116. The van der Waals surface area contributed by atoms with Crippen LogP contribution >= 0.6 is 0 Å². The molecule has 4 nitrogen and oxygen atoms in total. The minimum absolute atomic E-state index is 0.0271. The van der Waals surface area contributed by atoms with E-state index in [1.54, 1.807) is 18.5 Å². The van der Waals surface area contributed by atoms with Crippen LogP contribution in [0.15, 0.2) is 48.8 Å². The molecule has 98 valence electrons. The number of amides is 1. The molecule has 4 heteroatoms. The summed E-state index contributed by atoms with van der Waals surface area (Å²) >= 11 is 0. The van der Waals surface area contributed by atoms with Crippen molar-refractivity contribution in [1.29, 1.82) is 0 Å². The molecule has 0 aliphatic carbocycles. The number of hydrogen-bond donors (Lipinski definition) is 2. The highest BCUT2D eigenvalue weighted by atomic mass is 16.3. The van der Waals surface area contributed by atoms with Gasteiger partial charge in [0.15, 0.2) is 0 Å². The highest BCUT2D eigenvalue weighted by Gasteiger charge is 2.03. The number of anilines is 1. The molecule has 2 rings (SSSR count). The number of aliphatic hydroxyl groups excluding tert-OH is 1. The summed E-state index contributed by atoms with van der Waals surface area (Å²) < 4.78 is 0. The zero-order valence-corrected chi connectivity index (χ0v) is 10.5. The van der Waals surface area contributed by atoms with Gasteiger partial charge in [-0.25, -0.2) is 0 Å². The average molecular weight is 256 g/mol. The number of carbonyl (C=O) groups is 1. The van der Waals surface area contributed by atoms with Crippen LogP contribution in [0, 0.1) is 0 Å². The molecule has 0 fully saturated rings. The second-order valence-corrected chi connectivity index (χ2v) is 4.26. The molecule has 1 heterocycles. The number of rotatable bonds is 5. The topological polar surface area (TPSA) is 62.2 Å². The van der Waals surface area contributed by atoms with Crippen LogP contribution in [0.2, 0.25) is 0 Å². The summed E-state index contributed by atoms with van der Waals surface area (Å²) in [6.45, 7) is -0.0271. The first kappa shape index (κ1) is 13.2. The number of carbonyl (C=O) groups excluding carboxylic acids is 1. The standard InChI is InChI=1S/C15H16N2O2/c18-11-13-2-1-3-14(10-13)17-15(19)5-4-12-6-8-16-9-7-12/h1-3,6-10,18H,4-5,11H2,(H,17,19). The van der Waals surface area contributed by atoms with E-state index >= 15 is 0 Å². The van der Waals surface area contributed by atoms with Gasteiger partial charge in [-0.3, -0.25) is 9.78 Å². The van der Waals surface area contributed by atoms with Gasteiger partial charge in [-0.05, 0) is 41.8 Å². The summed E-state index contributed by atoms with van der Waals surface area (Å²) in [5, 5.41) is 11.9. The van der Waals surface area contributed by atoms with Crippen molar-refractivity contribution in [2.24, 2.45) is 0 Å². The van der Waals surface area contributed by atoms with E-state index in [1.807, 2.05) is 30.3 Å². The van der Waals surface area contributed by atoms with Crippen molar-refractivity contribution in [2.75, 3.05) is 5.32 Å². The zero-order chi connectivity index (χ0) is 13.5. The van der Waals surface area contributed by atoms with E-state index < -0.39 is 0 Å². The van der Waals surface area contributed by atoms with E-state index in [4.69, 9.17) is 5.11 Å². The van der Waals surface area contributed by atoms with Crippen LogP contribution in [0.1, 0.15) is 17.5 Å². The summed E-state index contributed by atoms with van der Waals surface area (Å²) in [7, 11) is 0. The average Bonchev–Trinajstić information content (AvgIpc) is 2.46. The summed E-state index contributed by atoms with van der Waals surface area (Å²) in [5.41, 5.74) is 2.59. The first-order chi connectivity index (χ1) is 9.28. The molecule has 1 amide bonds. The maximum Gasteiger partial charge on any atom is 0.224 e. The van der Waals surface area contributed by atoms with Gasteiger partial charge in [0, 0.05) is 24.5 Å². The van der Waals surface area contributed by atoms with E-state index in [0.29, 0.717) is 18.5 Å². The molecule has 0 spiro atoms. The van der Waals surface area contributed by atoms with Gasteiger partial charge in [-0.2, -0.15) is 0 Å². The molecule has 0 saturated heterocycles. The monoisotopic (exact) mass is 256 g/mol. The van der Waals surface area contributed by atoms with Gasteiger partial charge in [-0.1, -0.05) is 12.1 Å². The molecule has 0 bridgehead atoms. The van der Waals surface area contributed by atoms with Gasteiger partial charge in [0.1, 0.15) is 0 Å². The number of hydrogen-bond acceptors (Lipinski definition) is 3. The predicted octanol–water partition coefficient (Wildman–Crippen LogP) is 2.15. The van der Waals surface area contributed by atoms with E-state index in [9.17, 15) is 4.79 Å². The Labute approximate surface area is 112 Å². The molecule has 1 aromatic heterocycles. The Kier molecular flexibility index (Phi) is 4.64. The summed E-state index contributed by atoms with van der Waals surface area (Å²) in [5.74, 6) is -0.0353. The third kappa shape index (κ3) is 4.19. The van der Waals surface area contributed by atoms with Crippen molar-refractivity contribution in [3.05, 3.63) is 59.9 Å². The highest BCUT2D eigenvalue weighted by molar-refractivity contribution is 5.90. The van der Waals surface area contributed by atoms with Crippen molar-refractivity contribution < 1.29 is 9.90 Å². The molecule has 0 saturated carbocycles. The number of pyridine rings is 1. The third-order valence-electron chi connectivity index (χ3n) is 2.78. The summed E-state index contributed by atoms with van der Waals surface area (Å²) in [4.78, 5) is 15.7. The van der Waals surface area contributed by atoms with Gasteiger partial charge in [0.25, 0.3) is 0 Å². The maximum atomic E-state index is 11.8. The number of aliphatic hydroxyl groups is 1. The van der Waals surface area contributed by atoms with Gasteiger partial charge < -0.3 is 10.4 Å². The minimum Gasteiger partial charge on any atom is -0.392 e. The fourth-order valence-electron chi connectivity index (χ4n) is 1.78. The molecule has 0 unspecified atom stereocenters. The highest BCUT2D eigenvalue weighted by Crippen LogP contribution is 2.11. The Hall–Kier alpha value is -2.20. The van der Waals surface area contributed by atoms with Crippen LogP contribution in [-0.4, -0.2) is 16.0 Å². The molecular formula is C15H16N2O2. The van der Waals surface area contributed by atoms with E-state index in [1.165, 1.54) is 0 Å². The second kappa shape index (κ2) is 6.66. The normalized spacial score (nSPS) is 10.2. The number of benzene rings is 1. The predicted molar refractivity (Wildman–Crippen MR) is 73.6 cm³/mol. The first-order valence-corrected chi connectivity index (χ1v) is 6.16. The van der Waals surface area contributed by atoms with Crippen LogP contribution in [0.4, 0.5) is 5.69 Å². The summed E-state index contributed by atoms with van der Waals surface area (Å²) in [6, 6.07) is 11.0. The third-order valence-corrected chi connectivity index (χ3v) is 2.78.